The van der Waals surface area contributed by atoms with Gasteiger partial charge in [0, 0.05) is 37.6 Å². The highest BCUT2D eigenvalue weighted by atomic mass is 32.1. The van der Waals surface area contributed by atoms with Crippen molar-refractivity contribution in [3.63, 3.8) is 0 Å². The second kappa shape index (κ2) is 20.1. The number of nitrogens with zero attached hydrogens (tertiary/aromatic N) is 5. The van der Waals surface area contributed by atoms with Crippen LogP contribution in [0.25, 0.3) is 38.5 Å². The molecule has 0 bridgehead atoms. The van der Waals surface area contributed by atoms with E-state index in [4.69, 9.17) is 19.2 Å². The Morgan fingerprint density at radius 1 is 0.887 bits per heavy atom. The normalized spacial score (nSPS) is 14.5. The van der Waals surface area contributed by atoms with Gasteiger partial charge in [0.05, 0.1) is 54.9 Å². The Bertz CT molecular complexity index is 2460. The van der Waals surface area contributed by atoms with Gasteiger partial charge in [-0.3, -0.25) is 14.4 Å². The van der Waals surface area contributed by atoms with Crippen LogP contribution in [-0.4, -0.2) is 101 Å². The fraction of sp³-hybridized carbons (Fsp3) is 0.362. The fourth-order valence-corrected chi connectivity index (χ4v) is 8.20. The van der Waals surface area contributed by atoms with Crippen molar-refractivity contribution in [2.75, 3.05) is 51.9 Å². The summed E-state index contributed by atoms with van der Waals surface area (Å²) < 4.78 is 18.6. The van der Waals surface area contributed by atoms with Crippen molar-refractivity contribution < 1.29 is 28.6 Å². The van der Waals surface area contributed by atoms with Gasteiger partial charge in [-0.15, -0.1) is 11.3 Å². The fourth-order valence-electron chi connectivity index (χ4n) is 7.39. The summed E-state index contributed by atoms with van der Waals surface area (Å²) >= 11 is 1.60. The zero-order chi connectivity index (χ0) is 43.6. The second-order valence-electron chi connectivity index (χ2n) is 16.3. The van der Waals surface area contributed by atoms with Crippen molar-refractivity contribution >= 4 is 40.5 Å². The summed E-state index contributed by atoms with van der Waals surface area (Å²) in [6, 6.07) is 22.7. The molecule has 0 radical (unpaired) electrons. The zero-order valence-corrected chi connectivity index (χ0v) is 36.7. The Kier molecular flexibility index (Phi) is 14.3. The number of benzene rings is 2. The lowest BCUT2D eigenvalue weighted by Gasteiger charge is -2.35. The second-order valence-corrected chi connectivity index (χ2v) is 17.2. The van der Waals surface area contributed by atoms with Crippen LogP contribution in [-0.2, 0) is 30.4 Å². The van der Waals surface area contributed by atoms with Crippen LogP contribution in [0.3, 0.4) is 0 Å². The first-order valence-electron chi connectivity index (χ1n) is 20.8. The lowest BCUT2D eigenvalue weighted by Crippen LogP contribution is -2.58. The van der Waals surface area contributed by atoms with Crippen molar-refractivity contribution in [3.05, 3.63) is 108 Å². The third-order valence-corrected chi connectivity index (χ3v) is 11.8. The van der Waals surface area contributed by atoms with E-state index in [0.29, 0.717) is 39.1 Å². The van der Waals surface area contributed by atoms with Crippen LogP contribution in [0.2, 0.25) is 0 Å². The third kappa shape index (κ3) is 11.0. The number of ether oxygens (including phenoxy) is 3. The number of aryl methyl sites for hydroxylation is 1. The predicted octanol–water partition coefficient (Wildman–Crippen LogP) is 6.79. The summed E-state index contributed by atoms with van der Waals surface area (Å²) in [5.41, 5.74) is 9.10. The minimum atomic E-state index is -0.836. The van der Waals surface area contributed by atoms with Crippen LogP contribution in [0, 0.1) is 12.3 Å². The number of aromatic nitrogens is 4. The summed E-state index contributed by atoms with van der Waals surface area (Å²) in [7, 11) is 1.65. The van der Waals surface area contributed by atoms with E-state index in [1.807, 2.05) is 98.5 Å². The summed E-state index contributed by atoms with van der Waals surface area (Å²) in [6.45, 7) is 9.68. The molecule has 6 aromatic rings. The molecule has 4 aromatic heterocycles. The number of nitrogens with one attached hydrogen (secondary N) is 3. The first-order chi connectivity index (χ1) is 30.0. The zero-order valence-electron chi connectivity index (χ0n) is 35.9. The summed E-state index contributed by atoms with van der Waals surface area (Å²) in [4.78, 5) is 56.5. The van der Waals surface area contributed by atoms with Gasteiger partial charge in [-0.2, -0.15) is 0 Å². The number of anilines is 1. The molecule has 1 aliphatic rings. The van der Waals surface area contributed by atoms with E-state index in [0.717, 1.165) is 61.3 Å². The monoisotopic (exact) mass is 858 g/mol. The van der Waals surface area contributed by atoms with Crippen LogP contribution in [0.1, 0.15) is 44.9 Å². The Labute approximate surface area is 366 Å². The van der Waals surface area contributed by atoms with Crippen molar-refractivity contribution in [1.82, 2.24) is 34.9 Å². The van der Waals surface area contributed by atoms with E-state index in [-0.39, 0.29) is 31.6 Å². The predicted molar refractivity (Wildman–Crippen MR) is 241 cm³/mol. The standard InChI is InChI=1S/C47H54N8O6S/c1-31-43(62-30-51-31)35-10-8-32(9-11-35)26-50-45(57)39-7-6-21-55(39)46(58)44(47(2,3)4)53-42(56)29-61-24-23-60-22-20-49-40-25-36(18-19-48-40)33-12-14-34(15-13-33)38-28-54-27-37(59-5)16-17-41(54)52-38/h8-19,25,27-28,30,39,44H,6-7,20-24,26,29H2,1-5H3,(H,48,49)(H,50,57)(H,53,56)/t39-,44?/m0/s1. The van der Waals surface area contributed by atoms with Crippen molar-refractivity contribution in [2.45, 2.75) is 59.2 Å². The van der Waals surface area contributed by atoms with Crippen LogP contribution in [0.5, 0.6) is 5.75 Å². The molecule has 0 aliphatic carbocycles. The first kappa shape index (κ1) is 43.9. The first-order valence-corrected chi connectivity index (χ1v) is 21.7. The molecule has 0 saturated carbocycles. The van der Waals surface area contributed by atoms with Gasteiger partial charge < -0.3 is 39.5 Å². The van der Waals surface area contributed by atoms with Gasteiger partial charge in [-0.1, -0.05) is 69.3 Å². The van der Waals surface area contributed by atoms with E-state index in [9.17, 15) is 14.4 Å². The summed E-state index contributed by atoms with van der Waals surface area (Å²) in [5.74, 6) is 0.611. The smallest absolute Gasteiger partial charge is 0.246 e. The van der Waals surface area contributed by atoms with Crippen LogP contribution < -0.4 is 20.7 Å². The molecule has 7 rings (SSSR count). The van der Waals surface area contributed by atoms with Crippen molar-refractivity contribution in [2.24, 2.45) is 5.41 Å². The number of pyridine rings is 2. The molecule has 3 amide bonds. The molecule has 5 heterocycles. The highest BCUT2D eigenvalue weighted by Gasteiger charge is 2.41. The maximum absolute atomic E-state index is 13.9. The van der Waals surface area contributed by atoms with Gasteiger partial charge in [0.2, 0.25) is 17.7 Å². The number of likely N-dealkylation sites (tertiary alicyclic amines) is 1. The van der Waals surface area contributed by atoms with Crippen LogP contribution >= 0.6 is 11.3 Å². The number of carbonyl (C=O) groups excluding carboxylic acids is 3. The maximum atomic E-state index is 13.9. The Hall–Kier alpha value is -6.16. The molecule has 2 atom stereocenters. The molecular weight excluding hydrogens is 805 g/mol. The number of thiazole rings is 1. The van der Waals surface area contributed by atoms with E-state index >= 15 is 0 Å². The number of imidazole rings is 1. The van der Waals surface area contributed by atoms with E-state index in [1.54, 1.807) is 29.5 Å². The summed E-state index contributed by atoms with van der Waals surface area (Å²) in [5, 5.41) is 9.20. The molecule has 3 N–H and O–H groups in total. The van der Waals surface area contributed by atoms with Gasteiger partial charge in [0.1, 0.15) is 35.9 Å². The van der Waals surface area contributed by atoms with Crippen molar-refractivity contribution in [3.8, 4) is 38.6 Å². The van der Waals surface area contributed by atoms with Crippen LogP contribution in [0.15, 0.2) is 96.9 Å². The number of hydrogen-bond donors (Lipinski definition) is 3. The number of methoxy groups -OCH3 is 1. The quantitative estimate of drug-likeness (QED) is 0.0786. The molecule has 0 spiro atoms. The molecule has 324 valence electrons. The highest BCUT2D eigenvalue weighted by molar-refractivity contribution is 7.13. The molecule has 62 heavy (non-hydrogen) atoms. The number of rotatable bonds is 18. The molecule has 2 aromatic carbocycles. The lowest BCUT2D eigenvalue weighted by atomic mass is 9.85. The van der Waals surface area contributed by atoms with E-state index in [1.165, 1.54) is 0 Å². The number of amides is 3. The maximum Gasteiger partial charge on any atom is 0.246 e. The lowest BCUT2D eigenvalue weighted by molar-refractivity contribution is -0.144. The Morgan fingerprint density at radius 3 is 2.39 bits per heavy atom. The van der Waals surface area contributed by atoms with Gasteiger partial charge >= 0.3 is 0 Å². The number of carbonyl (C=O) groups is 3. The molecular formula is C47H54N8O6S. The SMILES string of the molecule is COc1ccc2nc(-c3ccc(-c4ccnc(NCCOCCOCC(=O)NC(C(=O)N5CCC[C@H]5C(=O)NCc5ccc(-c6scnc6C)cc5)C(C)(C)C)c4)cc3)cn2c1. The van der Waals surface area contributed by atoms with Crippen LogP contribution in [0.4, 0.5) is 5.82 Å². The molecule has 1 fully saturated rings. The molecule has 1 unspecified atom stereocenters. The summed E-state index contributed by atoms with van der Waals surface area (Å²) in [6.07, 6.45) is 6.93. The number of hydrogen-bond acceptors (Lipinski definition) is 11. The largest absolute Gasteiger partial charge is 0.495 e. The average molecular weight is 859 g/mol. The van der Waals surface area contributed by atoms with Gasteiger partial charge in [-0.05, 0) is 71.7 Å². The average Bonchev–Trinajstić information content (AvgIpc) is 4.05. The van der Waals surface area contributed by atoms with E-state index in [2.05, 4.69) is 50.2 Å². The van der Waals surface area contributed by atoms with Gasteiger partial charge in [0.25, 0.3) is 0 Å². The highest BCUT2D eigenvalue weighted by Crippen LogP contribution is 2.29. The minimum Gasteiger partial charge on any atom is -0.495 e. The molecule has 14 nitrogen and oxygen atoms in total. The Balaban J connectivity index is 0.805. The molecule has 15 heteroatoms. The third-order valence-electron chi connectivity index (χ3n) is 10.8. The Morgan fingerprint density at radius 2 is 1.65 bits per heavy atom. The topological polar surface area (TPSA) is 161 Å². The van der Waals surface area contributed by atoms with Gasteiger partial charge in [0.15, 0.2) is 0 Å². The molecule has 1 aliphatic heterocycles. The number of fused-ring (bicyclic) bond motifs is 1. The van der Waals surface area contributed by atoms with Crippen molar-refractivity contribution in [1.29, 1.82) is 0 Å². The minimum absolute atomic E-state index is 0.203. The molecule has 1 saturated heterocycles. The van der Waals surface area contributed by atoms with Gasteiger partial charge in [-0.25, -0.2) is 15.0 Å². The van der Waals surface area contributed by atoms with E-state index < -0.39 is 23.4 Å².